The fraction of sp³-hybridized carbons (Fsp3) is 0.684. The average molecular weight is 380 g/mol. The highest BCUT2D eigenvalue weighted by molar-refractivity contribution is 5.86. The molecule has 0 aliphatic heterocycles. The van der Waals surface area contributed by atoms with Gasteiger partial charge in [-0.05, 0) is 67.0 Å². The normalized spacial score (nSPS) is 11.7. The van der Waals surface area contributed by atoms with Gasteiger partial charge in [-0.1, -0.05) is 0 Å². The third-order valence-electron chi connectivity index (χ3n) is 3.25. The lowest BCUT2D eigenvalue weighted by molar-refractivity contribution is 0.0298. The lowest BCUT2D eigenvalue weighted by Crippen LogP contribution is -2.40. The molecule has 2 amide bonds. The molecule has 1 rings (SSSR count). The van der Waals surface area contributed by atoms with Crippen LogP contribution in [0.5, 0.6) is 0 Å². The topological polar surface area (TPSA) is 84.9 Å². The molecule has 1 heterocycles. The minimum Gasteiger partial charge on any atom is -0.444 e. The zero-order chi connectivity index (χ0) is 20.8. The van der Waals surface area contributed by atoms with Crippen molar-refractivity contribution in [3.63, 3.8) is 0 Å². The van der Waals surface area contributed by atoms with Crippen molar-refractivity contribution in [2.75, 3.05) is 25.0 Å². The van der Waals surface area contributed by atoms with Crippen LogP contribution in [0, 0.1) is 6.92 Å². The lowest BCUT2D eigenvalue weighted by Gasteiger charge is -2.28. The summed E-state index contributed by atoms with van der Waals surface area (Å²) in [5.74, 6) is 0.412. The Bertz CT molecular complexity index is 633. The van der Waals surface area contributed by atoms with E-state index in [2.05, 4.69) is 10.2 Å². The smallest absolute Gasteiger partial charge is 0.416 e. The minimum atomic E-state index is -0.624. The van der Waals surface area contributed by atoms with E-state index < -0.39 is 23.4 Å². The molecule has 0 saturated carbocycles. The minimum absolute atomic E-state index is 0.333. The molecule has 8 heteroatoms. The summed E-state index contributed by atoms with van der Waals surface area (Å²) in [5, 5.41) is 8.09. The molecule has 0 aliphatic carbocycles. The van der Waals surface area contributed by atoms with Crippen molar-refractivity contribution < 1.29 is 19.1 Å². The molecular weight excluding hydrogens is 348 g/mol. The van der Waals surface area contributed by atoms with Crippen LogP contribution in [0.4, 0.5) is 15.4 Å². The number of aryl methyl sites for hydroxylation is 1. The Labute approximate surface area is 161 Å². The molecule has 0 unspecified atom stereocenters. The standard InChI is InChI=1S/C19H32N4O4/c1-14-10-11-15(21-20-14)23(17(25)27-19(5,6)7)13-9-12-22(8)16(24)26-18(2,3)4/h10-11H,9,12-13H2,1-8H3. The number of rotatable bonds is 5. The fourth-order valence-corrected chi connectivity index (χ4v) is 2.05. The second kappa shape index (κ2) is 9.01. The molecule has 1 aromatic rings. The highest BCUT2D eigenvalue weighted by Crippen LogP contribution is 2.16. The molecule has 1 aromatic heterocycles. The van der Waals surface area contributed by atoms with Crippen molar-refractivity contribution in [2.45, 2.75) is 66.1 Å². The molecule has 0 atom stereocenters. The number of nitrogens with zero attached hydrogens (tertiary/aromatic N) is 4. The zero-order valence-corrected chi connectivity index (χ0v) is 17.7. The predicted molar refractivity (Wildman–Crippen MR) is 104 cm³/mol. The van der Waals surface area contributed by atoms with E-state index in [1.54, 1.807) is 40.0 Å². The third kappa shape index (κ3) is 8.70. The van der Waals surface area contributed by atoms with Gasteiger partial charge in [-0.2, -0.15) is 5.10 Å². The maximum Gasteiger partial charge on any atom is 0.416 e. The first-order chi connectivity index (χ1) is 12.3. The summed E-state index contributed by atoms with van der Waals surface area (Å²) in [6, 6.07) is 3.51. The maximum atomic E-state index is 12.6. The van der Waals surface area contributed by atoms with E-state index >= 15 is 0 Å². The zero-order valence-electron chi connectivity index (χ0n) is 17.7. The van der Waals surface area contributed by atoms with Crippen molar-refractivity contribution in [2.24, 2.45) is 0 Å². The molecule has 0 fully saturated rings. The van der Waals surface area contributed by atoms with E-state index in [1.807, 2.05) is 27.7 Å². The van der Waals surface area contributed by atoms with Gasteiger partial charge in [-0.3, -0.25) is 4.90 Å². The quantitative estimate of drug-likeness (QED) is 0.773. The van der Waals surface area contributed by atoms with Crippen LogP contribution in [-0.4, -0.2) is 58.6 Å². The van der Waals surface area contributed by atoms with Gasteiger partial charge in [-0.15, -0.1) is 5.10 Å². The highest BCUT2D eigenvalue weighted by Gasteiger charge is 2.25. The molecule has 0 radical (unpaired) electrons. The van der Waals surface area contributed by atoms with Crippen LogP contribution < -0.4 is 4.90 Å². The van der Waals surface area contributed by atoms with Gasteiger partial charge >= 0.3 is 12.2 Å². The van der Waals surface area contributed by atoms with E-state index in [0.717, 1.165) is 5.69 Å². The monoisotopic (exact) mass is 380 g/mol. The van der Waals surface area contributed by atoms with Gasteiger partial charge < -0.3 is 14.4 Å². The van der Waals surface area contributed by atoms with Gasteiger partial charge in [0.15, 0.2) is 5.82 Å². The molecule has 0 aromatic carbocycles. The summed E-state index contributed by atoms with van der Waals surface area (Å²) >= 11 is 0. The van der Waals surface area contributed by atoms with Crippen molar-refractivity contribution in [1.29, 1.82) is 0 Å². The summed E-state index contributed by atoms with van der Waals surface area (Å²) in [6.45, 7) is 13.5. The predicted octanol–water partition coefficient (Wildman–Crippen LogP) is 3.78. The molecule has 0 bridgehead atoms. The van der Waals surface area contributed by atoms with Crippen molar-refractivity contribution in [1.82, 2.24) is 15.1 Å². The molecule has 0 aliphatic rings. The Hall–Kier alpha value is -2.38. The Morgan fingerprint density at radius 3 is 1.96 bits per heavy atom. The van der Waals surface area contributed by atoms with Crippen LogP contribution in [-0.2, 0) is 9.47 Å². The van der Waals surface area contributed by atoms with Gasteiger partial charge in [0.2, 0.25) is 0 Å². The van der Waals surface area contributed by atoms with E-state index in [4.69, 9.17) is 9.47 Å². The van der Waals surface area contributed by atoms with Crippen molar-refractivity contribution in [3.05, 3.63) is 17.8 Å². The van der Waals surface area contributed by atoms with Gasteiger partial charge in [0.05, 0.1) is 5.69 Å². The van der Waals surface area contributed by atoms with Gasteiger partial charge in [-0.25, -0.2) is 9.59 Å². The molecule has 0 saturated heterocycles. The van der Waals surface area contributed by atoms with Crippen molar-refractivity contribution >= 4 is 18.0 Å². The number of hydrogen-bond acceptors (Lipinski definition) is 6. The van der Waals surface area contributed by atoms with Gasteiger partial charge in [0.1, 0.15) is 11.2 Å². The van der Waals surface area contributed by atoms with Crippen molar-refractivity contribution in [3.8, 4) is 0 Å². The van der Waals surface area contributed by atoms with Crippen LogP contribution in [0.1, 0.15) is 53.7 Å². The number of carbonyl (C=O) groups excluding carboxylic acids is 2. The number of hydrogen-bond donors (Lipinski definition) is 0. The molecule has 152 valence electrons. The van der Waals surface area contributed by atoms with Gasteiger partial charge in [0.25, 0.3) is 0 Å². The SMILES string of the molecule is Cc1ccc(N(CCCN(C)C(=O)OC(C)(C)C)C(=O)OC(C)(C)C)nn1. The first kappa shape index (κ1) is 22.7. The second-order valence-corrected chi connectivity index (χ2v) is 8.42. The summed E-state index contributed by atoms with van der Waals surface area (Å²) in [4.78, 5) is 27.5. The summed E-state index contributed by atoms with van der Waals surface area (Å²) in [7, 11) is 1.66. The summed E-state index contributed by atoms with van der Waals surface area (Å²) < 4.78 is 10.8. The van der Waals surface area contributed by atoms with Gasteiger partial charge in [0, 0.05) is 20.1 Å². The molecular formula is C19H32N4O4. The molecule has 0 spiro atoms. The highest BCUT2D eigenvalue weighted by atomic mass is 16.6. The largest absolute Gasteiger partial charge is 0.444 e. The number of amides is 2. The number of anilines is 1. The van der Waals surface area contributed by atoms with Crippen LogP contribution >= 0.6 is 0 Å². The van der Waals surface area contributed by atoms with Crippen LogP contribution in [0.2, 0.25) is 0 Å². The van der Waals surface area contributed by atoms with Crippen LogP contribution in [0.15, 0.2) is 12.1 Å². The average Bonchev–Trinajstić information content (AvgIpc) is 2.49. The fourth-order valence-electron chi connectivity index (χ4n) is 2.05. The second-order valence-electron chi connectivity index (χ2n) is 8.42. The number of aromatic nitrogens is 2. The Morgan fingerprint density at radius 2 is 1.48 bits per heavy atom. The Balaban J connectivity index is 2.76. The van der Waals surface area contributed by atoms with E-state index in [-0.39, 0.29) is 0 Å². The van der Waals surface area contributed by atoms with E-state index in [0.29, 0.717) is 25.3 Å². The number of carbonyl (C=O) groups is 2. The molecule has 0 N–H and O–H groups in total. The van der Waals surface area contributed by atoms with E-state index in [9.17, 15) is 9.59 Å². The number of ether oxygens (including phenoxy) is 2. The Morgan fingerprint density at radius 1 is 0.926 bits per heavy atom. The summed E-state index contributed by atoms with van der Waals surface area (Å²) in [6.07, 6.45) is -0.369. The Kier molecular flexibility index (Phi) is 7.56. The lowest BCUT2D eigenvalue weighted by atomic mass is 10.2. The maximum absolute atomic E-state index is 12.6. The first-order valence-electron chi connectivity index (χ1n) is 9.03. The summed E-state index contributed by atoms with van der Waals surface area (Å²) in [5.41, 5.74) is -0.417. The molecule has 8 nitrogen and oxygen atoms in total. The van der Waals surface area contributed by atoms with E-state index in [1.165, 1.54) is 9.80 Å². The molecule has 27 heavy (non-hydrogen) atoms. The first-order valence-corrected chi connectivity index (χ1v) is 9.03. The third-order valence-corrected chi connectivity index (χ3v) is 3.25. The van der Waals surface area contributed by atoms with Crippen LogP contribution in [0.3, 0.4) is 0 Å². The van der Waals surface area contributed by atoms with Crippen LogP contribution in [0.25, 0.3) is 0 Å².